The SMILES string of the molecule is CC(O)(CCn1ccnc1)c1ccc(Oc2ccccc2F)cc1. The molecule has 0 saturated carbocycles. The fraction of sp³-hybridized carbons (Fsp3) is 0.211. The van der Waals surface area contributed by atoms with E-state index >= 15 is 0 Å². The highest BCUT2D eigenvalue weighted by atomic mass is 19.1. The minimum Gasteiger partial charge on any atom is -0.454 e. The van der Waals surface area contributed by atoms with Gasteiger partial charge < -0.3 is 14.4 Å². The van der Waals surface area contributed by atoms with Gasteiger partial charge in [-0.1, -0.05) is 24.3 Å². The Kier molecular flexibility index (Phi) is 4.62. The van der Waals surface area contributed by atoms with Crippen molar-refractivity contribution in [1.29, 1.82) is 0 Å². The average molecular weight is 326 g/mol. The van der Waals surface area contributed by atoms with Crippen LogP contribution < -0.4 is 4.74 Å². The number of nitrogens with zero attached hydrogens (tertiary/aromatic N) is 2. The number of hydrogen-bond donors (Lipinski definition) is 1. The van der Waals surface area contributed by atoms with Crippen molar-refractivity contribution in [2.75, 3.05) is 0 Å². The summed E-state index contributed by atoms with van der Waals surface area (Å²) in [7, 11) is 0. The second-order valence-electron chi connectivity index (χ2n) is 5.88. The molecule has 0 aliphatic rings. The van der Waals surface area contributed by atoms with Gasteiger partial charge in [0.1, 0.15) is 5.75 Å². The van der Waals surface area contributed by atoms with Crippen LogP contribution in [0.2, 0.25) is 0 Å². The molecule has 0 amide bonds. The van der Waals surface area contributed by atoms with E-state index in [2.05, 4.69) is 4.98 Å². The largest absolute Gasteiger partial charge is 0.454 e. The normalized spacial score (nSPS) is 13.5. The van der Waals surface area contributed by atoms with E-state index in [1.54, 1.807) is 61.9 Å². The van der Waals surface area contributed by atoms with Crippen LogP contribution in [0.25, 0.3) is 0 Å². The maximum atomic E-state index is 13.6. The third-order valence-electron chi connectivity index (χ3n) is 3.96. The Hall–Kier alpha value is -2.66. The first-order chi connectivity index (χ1) is 11.5. The molecule has 124 valence electrons. The van der Waals surface area contributed by atoms with Gasteiger partial charge >= 0.3 is 0 Å². The van der Waals surface area contributed by atoms with Gasteiger partial charge in [-0.25, -0.2) is 9.37 Å². The van der Waals surface area contributed by atoms with Crippen LogP contribution in [0.3, 0.4) is 0 Å². The Morgan fingerprint density at radius 2 is 1.92 bits per heavy atom. The molecule has 2 aromatic carbocycles. The first-order valence-electron chi connectivity index (χ1n) is 7.76. The number of aromatic nitrogens is 2. The smallest absolute Gasteiger partial charge is 0.165 e. The van der Waals surface area contributed by atoms with Crippen LogP contribution >= 0.6 is 0 Å². The number of aryl methyl sites for hydroxylation is 1. The average Bonchev–Trinajstić information content (AvgIpc) is 3.09. The highest BCUT2D eigenvalue weighted by Crippen LogP contribution is 2.29. The molecule has 1 unspecified atom stereocenters. The Morgan fingerprint density at radius 3 is 2.58 bits per heavy atom. The summed E-state index contributed by atoms with van der Waals surface area (Å²) in [6.07, 6.45) is 5.85. The molecule has 0 spiro atoms. The lowest BCUT2D eigenvalue weighted by atomic mass is 9.92. The summed E-state index contributed by atoms with van der Waals surface area (Å²) < 4.78 is 21.1. The first-order valence-corrected chi connectivity index (χ1v) is 7.76. The second-order valence-corrected chi connectivity index (χ2v) is 5.88. The van der Waals surface area contributed by atoms with Crippen LogP contribution in [0.15, 0.2) is 67.3 Å². The van der Waals surface area contributed by atoms with E-state index in [1.807, 2.05) is 10.8 Å². The van der Waals surface area contributed by atoms with Crippen molar-refractivity contribution in [2.24, 2.45) is 0 Å². The molecule has 0 radical (unpaired) electrons. The minimum atomic E-state index is -0.971. The van der Waals surface area contributed by atoms with E-state index in [-0.39, 0.29) is 5.75 Å². The highest BCUT2D eigenvalue weighted by Gasteiger charge is 2.22. The van der Waals surface area contributed by atoms with E-state index < -0.39 is 11.4 Å². The van der Waals surface area contributed by atoms with Crippen molar-refractivity contribution >= 4 is 0 Å². The molecule has 0 aliphatic heterocycles. The molecule has 0 fully saturated rings. The van der Waals surface area contributed by atoms with Crippen molar-refractivity contribution in [3.63, 3.8) is 0 Å². The molecule has 3 aromatic rings. The summed E-state index contributed by atoms with van der Waals surface area (Å²) in [5.41, 5.74) is -0.190. The molecule has 0 saturated heterocycles. The molecule has 0 aliphatic carbocycles. The van der Waals surface area contributed by atoms with Crippen molar-refractivity contribution in [2.45, 2.75) is 25.5 Å². The summed E-state index contributed by atoms with van der Waals surface area (Å²) >= 11 is 0. The quantitative estimate of drug-likeness (QED) is 0.741. The van der Waals surface area contributed by atoms with E-state index in [1.165, 1.54) is 6.07 Å². The van der Waals surface area contributed by atoms with Crippen molar-refractivity contribution in [1.82, 2.24) is 9.55 Å². The van der Waals surface area contributed by atoms with Crippen LogP contribution in [-0.4, -0.2) is 14.7 Å². The molecule has 24 heavy (non-hydrogen) atoms. The molecular weight excluding hydrogens is 307 g/mol. The van der Waals surface area contributed by atoms with E-state index in [0.717, 1.165) is 5.56 Å². The standard InChI is InChI=1S/C19H19FN2O2/c1-19(23,10-12-22-13-11-21-14-22)15-6-8-16(9-7-15)24-18-5-3-2-4-17(18)20/h2-9,11,13-14,23H,10,12H2,1H3. The maximum Gasteiger partial charge on any atom is 0.165 e. The van der Waals surface area contributed by atoms with Crippen molar-refractivity contribution < 1.29 is 14.2 Å². The minimum absolute atomic E-state index is 0.178. The Labute approximate surface area is 140 Å². The third-order valence-corrected chi connectivity index (χ3v) is 3.96. The number of rotatable bonds is 6. The lowest BCUT2D eigenvalue weighted by molar-refractivity contribution is 0.0430. The molecule has 5 heteroatoms. The molecule has 4 nitrogen and oxygen atoms in total. The summed E-state index contributed by atoms with van der Waals surface area (Å²) in [6, 6.07) is 13.3. The number of hydrogen-bond acceptors (Lipinski definition) is 3. The summed E-state index contributed by atoms with van der Waals surface area (Å²) in [5, 5.41) is 10.7. The predicted octanol–water partition coefficient (Wildman–Crippen LogP) is 4.11. The summed E-state index contributed by atoms with van der Waals surface area (Å²) in [6.45, 7) is 2.44. The Morgan fingerprint density at radius 1 is 1.17 bits per heavy atom. The number of imidazole rings is 1. The fourth-order valence-electron chi connectivity index (χ4n) is 2.45. The monoisotopic (exact) mass is 326 g/mol. The van der Waals surface area contributed by atoms with E-state index in [0.29, 0.717) is 18.7 Å². The predicted molar refractivity (Wildman–Crippen MR) is 89.3 cm³/mol. The molecule has 1 aromatic heterocycles. The maximum absolute atomic E-state index is 13.6. The van der Waals surface area contributed by atoms with Gasteiger partial charge in [0.2, 0.25) is 0 Å². The zero-order chi connectivity index (χ0) is 17.0. The molecular formula is C19H19FN2O2. The van der Waals surface area contributed by atoms with Gasteiger partial charge in [0.05, 0.1) is 11.9 Å². The second kappa shape index (κ2) is 6.84. The lowest BCUT2D eigenvalue weighted by Crippen LogP contribution is -2.23. The van der Waals surface area contributed by atoms with Gasteiger partial charge in [0, 0.05) is 18.9 Å². The van der Waals surface area contributed by atoms with Crippen molar-refractivity contribution in [3.05, 3.63) is 78.6 Å². The molecule has 0 bridgehead atoms. The summed E-state index contributed by atoms with van der Waals surface area (Å²) in [4.78, 5) is 3.99. The highest BCUT2D eigenvalue weighted by molar-refractivity contribution is 5.35. The van der Waals surface area contributed by atoms with Crippen LogP contribution in [0, 0.1) is 5.82 Å². The summed E-state index contributed by atoms with van der Waals surface area (Å²) in [5.74, 6) is 0.292. The molecule has 1 N–H and O–H groups in total. The van der Waals surface area contributed by atoms with Crippen LogP contribution in [-0.2, 0) is 12.1 Å². The zero-order valence-corrected chi connectivity index (χ0v) is 13.4. The number of para-hydroxylation sites is 1. The van der Waals surface area contributed by atoms with E-state index in [4.69, 9.17) is 4.74 Å². The molecule has 3 rings (SSSR count). The zero-order valence-electron chi connectivity index (χ0n) is 13.4. The van der Waals surface area contributed by atoms with Gasteiger partial charge in [-0.3, -0.25) is 0 Å². The number of aliphatic hydroxyl groups is 1. The van der Waals surface area contributed by atoms with Crippen LogP contribution in [0.4, 0.5) is 4.39 Å². The van der Waals surface area contributed by atoms with Gasteiger partial charge in [-0.15, -0.1) is 0 Å². The van der Waals surface area contributed by atoms with Crippen molar-refractivity contribution in [3.8, 4) is 11.5 Å². The fourth-order valence-corrected chi connectivity index (χ4v) is 2.45. The lowest BCUT2D eigenvalue weighted by Gasteiger charge is -2.24. The Balaban J connectivity index is 1.68. The van der Waals surface area contributed by atoms with Gasteiger partial charge in [-0.05, 0) is 43.2 Å². The van der Waals surface area contributed by atoms with Crippen LogP contribution in [0.5, 0.6) is 11.5 Å². The van der Waals surface area contributed by atoms with Gasteiger partial charge in [0.25, 0.3) is 0 Å². The number of halogens is 1. The van der Waals surface area contributed by atoms with Gasteiger partial charge in [0.15, 0.2) is 11.6 Å². The molecule has 1 atom stereocenters. The topological polar surface area (TPSA) is 47.3 Å². The number of ether oxygens (including phenoxy) is 1. The first kappa shape index (κ1) is 16.2. The third kappa shape index (κ3) is 3.81. The van der Waals surface area contributed by atoms with E-state index in [9.17, 15) is 9.50 Å². The molecule has 1 heterocycles. The van der Waals surface area contributed by atoms with Gasteiger partial charge in [-0.2, -0.15) is 0 Å². The number of benzene rings is 2. The van der Waals surface area contributed by atoms with Crippen LogP contribution in [0.1, 0.15) is 18.9 Å². The Bertz CT molecular complexity index is 783.